The van der Waals surface area contributed by atoms with E-state index in [1.807, 2.05) is 6.07 Å². The zero-order valence-corrected chi connectivity index (χ0v) is 19.4. The lowest BCUT2D eigenvalue weighted by molar-refractivity contribution is -0.173. The molecule has 1 aliphatic rings. The Morgan fingerprint density at radius 3 is 2.54 bits per heavy atom. The molecule has 186 valence electrons. The zero-order chi connectivity index (χ0) is 25.5. The second kappa shape index (κ2) is 11.3. The molecule has 1 saturated heterocycles. The highest BCUT2D eigenvalue weighted by molar-refractivity contribution is 5.98. The molecule has 4 atom stereocenters. The molecular weight excluding hydrogens is 460 g/mol. The van der Waals surface area contributed by atoms with Crippen molar-refractivity contribution in [3.05, 3.63) is 53.9 Å². The highest BCUT2D eigenvalue weighted by atomic mass is 16.6. The van der Waals surface area contributed by atoms with E-state index in [1.165, 1.54) is 33.2 Å². The maximum Gasteiger partial charge on any atom is 0.332 e. The molecule has 1 amide bonds. The van der Waals surface area contributed by atoms with E-state index < -0.39 is 66.0 Å². The molecule has 0 radical (unpaired) electrons. The number of ether oxygens (including phenoxy) is 4. The standard InChI is InChI=1S/C24H26N2O9/c1-13-21(35-14(2)27)16(11-15-7-5-4-6-8-15)23(30)33-12-17(24(31)34-13)26-22(29)19-20(28)18(32-3)9-10-25-19/h4-10,13,16-17,21,28H,11-12H2,1-3H3,(H,26,29)/t13-,16+,17?,21?/m0/s1. The smallest absolute Gasteiger partial charge is 0.332 e. The van der Waals surface area contributed by atoms with Crippen LogP contribution in [-0.2, 0) is 35.0 Å². The highest BCUT2D eigenvalue weighted by Crippen LogP contribution is 2.28. The van der Waals surface area contributed by atoms with Crippen LogP contribution in [-0.4, -0.2) is 65.9 Å². The Morgan fingerprint density at radius 1 is 1.17 bits per heavy atom. The fourth-order valence-corrected chi connectivity index (χ4v) is 3.67. The molecule has 11 heteroatoms. The average Bonchev–Trinajstić information content (AvgIpc) is 2.86. The Hall–Kier alpha value is -4.15. The van der Waals surface area contributed by atoms with Crippen LogP contribution in [0.2, 0.25) is 0 Å². The average molecular weight is 486 g/mol. The monoisotopic (exact) mass is 486 g/mol. The lowest BCUT2D eigenvalue weighted by Crippen LogP contribution is -2.46. The molecule has 1 aliphatic heterocycles. The van der Waals surface area contributed by atoms with Crippen molar-refractivity contribution in [2.75, 3.05) is 13.7 Å². The van der Waals surface area contributed by atoms with E-state index in [1.54, 1.807) is 24.3 Å². The summed E-state index contributed by atoms with van der Waals surface area (Å²) in [6.07, 6.45) is -0.746. The maximum absolute atomic E-state index is 13.0. The van der Waals surface area contributed by atoms with Crippen molar-refractivity contribution >= 4 is 23.8 Å². The topological polar surface area (TPSA) is 150 Å². The molecule has 2 aromatic rings. The molecule has 2 unspecified atom stereocenters. The van der Waals surface area contributed by atoms with E-state index in [9.17, 15) is 24.3 Å². The van der Waals surface area contributed by atoms with Crippen molar-refractivity contribution in [1.82, 2.24) is 10.3 Å². The van der Waals surface area contributed by atoms with E-state index in [4.69, 9.17) is 18.9 Å². The van der Waals surface area contributed by atoms with Crippen LogP contribution in [0.4, 0.5) is 0 Å². The summed E-state index contributed by atoms with van der Waals surface area (Å²) in [4.78, 5) is 54.2. The van der Waals surface area contributed by atoms with Gasteiger partial charge in [-0.2, -0.15) is 0 Å². The van der Waals surface area contributed by atoms with Gasteiger partial charge in [-0.25, -0.2) is 9.78 Å². The molecule has 0 aliphatic carbocycles. The van der Waals surface area contributed by atoms with E-state index in [-0.39, 0.29) is 12.2 Å². The third kappa shape index (κ3) is 6.25. The number of nitrogens with one attached hydrogen (secondary N) is 1. The molecule has 35 heavy (non-hydrogen) atoms. The van der Waals surface area contributed by atoms with Gasteiger partial charge in [0.2, 0.25) is 0 Å². The van der Waals surface area contributed by atoms with Crippen LogP contribution in [0.3, 0.4) is 0 Å². The number of hydrogen-bond acceptors (Lipinski definition) is 10. The lowest BCUT2D eigenvalue weighted by Gasteiger charge is -2.28. The van der Waals surface area contributed by atoms with Gasteiger partial charge in [-0.05, 0) is 18.9 Å². The Kier molecular flexibility index (Phi) is 8.24. The number of methoxy groups -OCH3 is 1. The molecule has 0 spiro atoms. The van der Waals surface area contributed by atoms with E-state index in [0.717, 1.165) is 5.56 Å². The first-order valence-corrected chi connectivity index (χ1v) is 10.8. The number of aromatic hydroxyl groups is 1. The summed E-state index contributed by atoms with van der Waals surface area (Å²) < 4.78 is 21.1. The molecule has 1 fully saturated rings. The Morgan fingerprint density at radius 2 is 1.89 bits per heavy atom. The summed E-state index contributed by atoms with van der Waals surface area (Å²) in [7, 11) is 1.30. The number of amides is 1. The van der Waals surface area contributed by atoms with Gasteiger partial charge >= 0.3 is 17.9 Å². The SMILES string of the molecule is COc1ccnc(C(=O)NC2COC(=O)[C@H](Cc3ccccc3)C(OC(C)=O)[C@H](C)OC2=O)c1O. The van der Waals surface area contributed by atoms with Crippen LogP contribution < -0.4 is 10.1 Å². The largest absolute Gasteiger partial charge is 0.503 e. The van der Waals surface area contributed by atoms with Crippen LogP contribution in [0.15, 0.2) is 42.6 Å². The van der Waals surface area contributed by atoms with Gasteiger partial charge in [0.1, 0.15) is 18.6 Å². The molecular formula is C24H26N2O9. The minimum absolute atomic E-state index is 0.00946. The van der Waals surface area contributed by atoms with Crippen LogP contribution >= 0.6 is 0 Å². The van der Waals surface area contributed by atoms with E-state index in [2.05, 4.69) is 10.3 Å². The first-order chi connectivity index (χ1) is 16.7. The van der Waals surface area contributed by atoms with Crippen molar-refractivity contribution in [2.24, 2.45) is 5.92 Å². The van der Waals surface area contributed by atoms with Gasteiger partial charge in [0, 0.05) is 19.2 Å². The number of carbonyl (C=O) groups excluding carboxylic acids is 4. The molecule has 1 aromatic carbocycles. The van der Waals surface area contributed by atoms with Gasteiger partial charge in [0.25, 0.3) is 5.91 Å². The summed E-state index contributed by atoms with van der Waals surface area (Å²) in [6, 6.07) is 8.97. The predicted octanol–water partition coefficient (Wildman–Crippen LogP) is 1.17. The molecule has 11 nitrogen and oxygen atoms in total. The van der Waals surface area contributed by atoms with Crippen molar-refractivity contribution in [3.8, 4) is 11.5 Å². The number of carbonyl (C=O) groups is 4. The molecule has 3 rings (SSSR count). The number of benzene rings is 1. The lowest BCUT2D eigenvalue weighted by atomic mass is 9.91. The van der Waals surface area contributed by atoms with Crippen molar-refractivity contribution in [1.29, 1.82) is 0 Å². The second-order valence-corrected chi connectivity index (χ2v) is 7.88. The molecule has 1 aromatic heterocycles. The fourth-order valence-electron chi connectivity index (χ4n) is 3.67. The fraction of sp³-hybridized carbons (Fsp3) is 0.375. The molecule has 2 N–H and O–H groups in total. The third-order valence-corrected chi connectivity index (χ3v) is 5.37. The minimum atomic E-state index is -1.41. The van der Waals surface area contributed by atoms with Gasteiger partial charge in [-0.15, -0.1) is 0 Å². The van der Waals surface area contributed by atoms with Crippen molar-refractivity contribution in [2.45, 2.75) is 38.5 Å². The van der Waals surface area contributed by atoms with Crippen molar-refractivity contribution in [3.63, 3.8) is 0 Å². The predicted molar refractivity (Wildman–Crippen MR) is 119 cm³/mol. The molecule has 0 bridgehead atoms. The van der Waals surface area contributed by atoms with Gasteiger partial charge < -0.3 is 29.4 Å². The Balaban J connectivity index is 1.85. The summed E-state index contributed by atoms with van der Waals surface area (Å²) in [6.45, 7) is 2.12. The summed E-state index contributed by atoms with van der Waals surface area (Å²) >= 11 is 0. The second-order valence-electron chi connectivity index (χ2n) is 7.88. The first-order valence-electron chi connectivity index (χ1n) is 10.8. The van der Waals surface area contributed by atoms with Crippen LogP contribution in [0.1, 0.15) is 29.9 Å². The zero-order valence-electron chi connectivity index (χ0n) is 19.4. The van der Waals surface area contributed by atoms with Gasteiger partial charge in [0.05, 0.1) is 7.11 Å². The van der Waals surface area contributed by atoms with Crippen LogP contribution in [0.5, 0.6) is 11.5 Å². The number of nitrogens with zero attached hydrogens (tertiary/aromatic N) is 1. The van der Waals surface area contributed by atoms with Crippen LogP contribution in [0, 0.1) is 5.92 Å². The van der Waals surface area contributed by atoms with Gasteiger partial charge in [-0.1, -0.05) is 30.3 Å². The number of hydrogen-bond donors (Lipinski definition) is 2. The Bertz CT molecular complexity index is 1090. The normalized spacial score (nSPS) is 22.5. The Labute approximate surface area is 201 Å². The minimum Gasteiger partial charge on any atom is -0.503 e. The number of pyridine rings is 1. The number of esters is 3. The third-order valence-electron chi connectivity index (χ3n) is 5.37. The quantitative estimate of drug-likeness (QED) is 0.450. The van der Waals surface area contributed by atoms with Crippen molar-refractivity contribution < 1.29 is 43.2 Å². The van der Waals surface area contributed by atoms with Gasteiger partial charge in [0.15, 0.2) is 29.3 Å². The summed E-state index contributed by atoms with van der Waals surface area (Å²) in [5.74, 6) is -4.70. The van der Waals surface area contributed by atoms with E-state index in [0.29, 0.717) is 0 Å². The summed E-state index contributed by atoms with van der Waals surface area (Å²) in [5.41, 5.74) is 0.393. The number of rotatable bonds is 6. The van der Waals surface area contributed by atoms with Crippen LogP contribution in [0.25, 0.3) is 0 Å². The molecule has 2 heterocycles. The number of aromatic nitrogens is 1. The number of cyclic esters (lactones) is 2. The maximum atomic E-state index is 13.0. The van der Waals surface area contributed by atoms with Gasteiger partial charge in [-0.3, -0.25) is 14.4 Å². The highest BCUT2D eigenvalue weighted by Gasteiger charge is 2.41. The van der Waals surface area contributed by atoms with E-state index >= 15 is 0 Å². The first kappa shape index (κ1) is 25.5. The molecule has 0 saturated carbocycles. The summed E-state index contributed by atoms with van der Waals surface area (Å²) in [5, 5.41) is 12.5.